The maximum atomic E-state index is 12.1. The van der Waals surface area contributed by atoms with Gasteiger partial charge < -0.3 is 9.84 Å². The zero-order valence-electron chi connectivity index (χ0n) is 12.6. The molecule has 1 amide bonds. The average Bonchev–Trinajstić information content (AvgIpc) is 2.82. The normalized spacial score (nSPS) is 24.1. The number of piperazine rings is 1. The van der Waals surface area contributed by atoms with Crippen LogP contribution in [0.25, 0.3) is 0 Å². The van der Waals surface area contributed by atoms with Crippen molar-refractivity contribution in [1.82, 2.24) is 15.4 Å². The lowest BCUT2D eigenvalue weighted by Crippen LogP contribution is -2.55. The summed E-state index contributed by atoms with van der Waals surface area (Å²) in [6.07, 6.45) is 0. The Labute approximate surface area is 119 Å². The molecule has 6 nitrogen and oxygen atoms in total. The third-order valence-electron chi connectivity index (χ3n) is 3.62. The number of amides is 1. The van der Waals surface area contributed by atoms with Gasteiger partial charge >= 0.3 is 0 Å². The summed E-state index contributed by atoms with van der Waals surface area (Å²) in [7, 11) is 0. The molecule has 1 aliphatic heterocycles. The Morgan fingerprint density at radius 3 is 3.00 bits per heavy atom. The van der Waals surface area contributed by atoms with E-state index in [1.54, 1.807) is 6.07 Å². The topological polar surface area (TPSA) is 70.4 Å². The molecule has 1 aliphatic rings. The lowest BCUT2D eigenvalue weighted by molar-refractivity contribution is -0.118. The van der Waals surface area contributed by atoms with Crippen LogP contribution in [0.3, 0.4) is 0 Å². The third-order valence-corrected chi connectivity index (χ3v) is 3.62. The highest BCUT2D eigenvalue weighted by molar-refractivity contribution is 5.91. The summed E-state index contributed by atoms with van der Waals surface area (Å²) in [5.74, 6) is 0.658. The smallest absolute Gasteiger partial charge is 0.240 e. The van der Waals surface area contributed by atoms with E-state index >= 15 is 0 Å². The van der Waals surface area contributed by atoms with Crippen molar-refractivity contribution >= 4 is 11.8 Å². The SMILES string of the molecule is CC1CN(CC(=O)Nc2cc(C(C)C)no2)C(C)CN1. The molecule has 1 aromatic heterocycles. The van der Waals surface area contributed by atoms with E-state index in [-0.39, 0.29) is 5.91 Å². The first-order valence-corrected chi connectivity index (χ1v) is 7.19. The molecular formula is C14H24N4O2. The summed E-state index contributed by atoms with van der Waals surface area (Å²) in [6, 6.07) is 2.56. The van der Waals surface area contributed by atoms with E-state index in [1.165, 1.54) is 0 Å². The quantitative estimate of drug-likeness (QED) is 0.873. The molecule has 1 aromatic rings. The molecule has 2 atom stereocenters. The van der Waals surface area contributed by atoms with E-state index < -0.39 is 0 Å². The second-order valence-electron chi connectivity index (χ2n) is 5.91. The van der Waals surface area contributed by atoms with E-state index in [9.17, 15) is 4.79 Å². The summed E-state index contributed by atoms with van der Waals surface area (Å²) in [5, 5.41) is 10.1. The number of nitrogens with zero attached hydrogens (tertiary/aromatic N) is 2. The van der Waals surface area contributed by atoms with Gasteiger partial charge in [-0.1, -0.05) is 19.0 Å². The first kappa shape index (κ1) is 15.0. The fraction of sp³-hybridized carbons (Fsp3) is 0.714. The van der Waals surface area contributed by atoms with Crippen LogP contribution in [-0.2, 0) is 4.79 Å². The Morgan fingerprint density at radius 2 is 2.35 bits per heavy atom. The van der Waals surface area contributed by atoms with Gasteiger partial charge in [0, 0.05) is 31.2 Å². The Balaban J connectivity index is 1.88. The van der Waals surface area contributed by atoms with Crippen LogP contribution in [0.5, 0.6) is 0 Å². The van der Waals surface area contributed by atoms with E-state index in [2.05, 4.69) is 34.5 Å². The molecule has 2 rings (SSSR count). The zero-order valence-corrected chi connectivity index (χ0v) is 12.6. The Morgan fingerprint density at radius 1 is 1.60 bits per heavy atom. The summed E-state index contributed by atoms with van der Waals surface area (Å²) in [6.45, 7) is 10.5. The van der Waals surface area contributed by atoms with Gasteiger partial charge in [0.2, 0.25) is 11.8 Å². The van der Waals surface area contributed by atoms with E-state index in [4.69, 9.17) is 4.52 Å². The van der Waals surface area contributed by atoms with Crippen LogP contribution in [0.1, 0.15) is 39.3 Å². The van der Waals surface area contributed by atoms with Crippen LogP contribution >= 0.6 is 0 Å². The first-order chi connectivity index (χ1) is 9.45. The van der Waals surface area contributed by atoms with Crippen molar-refractivity contribution in [2.24, 2.45) is 0 Å². The number of hydrogen-bond acceptors (Lipinski definition) is 5. The second-order valence-corrected chi connectivity index (χ2v) is 5.91. The molecular weight excluding hydrogens is 256 g/mol. The molecule has 0 radical (unpaired) electrons. The fourth-order valence-corrected chi connectivity index (χ4v) is 2.30. The number of aromatic nitrogens is 1. The van der Waals surface area contributed by atoms with Gasteiger partial charge in [-0.15, -0.1) is 0 Å². The molecule has 20 heavy (non-hydrogen) atoms. The summed E-state index contributed by atoms with van der Waals surface area (Å²) in [4.78, 5) is 14.2. The lowest BCUT2D eigenvalue weighted by atomic mass is 10.1. The summed E-state index contributed by atoms with van der Waals surface area (Å²) < 4.78 is 5.12. The van der Waals surface area contributed by atoms with Crippen LogP contribution in [0.15, 0.2) is 10.6 Å². The van der Waals surface area contributed by atoms with Crippen molar-refractivity contribution in [2.75, 3.05) is 25.0 Å². The zero-order chi connectivity index (χ0) is 14.7. The molecule has 0 bridgehead atoms. The van der Waals surface area contributed by atoms with Crippen molar-refractivity contribution in [1.29, 1.82) is 0 Å². The van der Waals surface area contributed by atoms with Gasteiger partial charge in [-0.2, -0.15) is 0 Å². The summed E-state index contributed by atoms with van der Waals surface area (Å²) >= 11 is 0. The van der Waals surface area contributed by atoms with Crippen LogP contribution in [0, 0.1) is 0 Å². The van der Waals surface area contributed by atoms with Gasteiger partial charge in [0.05, 0.1) is 12.2 Å². The Kier molecular flexibility index (Phi) is 4.77. The number of rotatable bonds is 4. The Bertz CT molecular complexity index is 458. The van der Waals surface area contributed by atoms with Crippen LogP contribution in [0.2, 0.25) is 0 Å². The minimum absolute atomic E-state index is 0.0580. The van der Waals surface area contributed by atoms with Crippen molar-refractivity contribution < 1.29 is 9.32 Å². The highest BCUT2D eigenvalue weighted by Crippen LogP contribution is 2.17. The monoisotopic (exact) mass is 280 g/mol. The van der Waals surface area contributed by atoms with Gasteiger partial charge in [0.25, 0.3) is 0 Å². The molecule has 1 fully saturated rings. The largest absolute Gasteiger partial charge is 0.338 e. The predicted octanol–water partition coefficient (Wildman–Crippen LogP) is 1.42. The van der Waals surface area contributed by atoms with Crippen LogP contribution in [0.4, 0.5) is 5.88 Å². The first-order valence-electron chi connectivity index (χ1n) is 7.19. The highest BCUT2D eigenvalue weighted by Gasteiger charge is 2.24. The minimum Gasteiger partial charge on any atom is -0.338 e. The molecule has 2 unspecified atom stereocenters. The van der Waals surface area contributed by atoms with E-state index in [0.717, 1.165) is 18.8 Å². The number of carbonyl (C=O) groups excluding carboxylic acids is 1. The Hall–Kier alpha value is -1.40. The number of anilines is 1. The van der Waals surface area contributed by atoms with Crippen LogP contribution < -0.4 is 10.6 Å². The van der Waals surface area contributed by atoms with Gasteiger partial charge in [0.1, 0.15) is 0 Å². The number of hydrogen-bond donors (Lipinski definition) is 2. The number of carbonyl (C=O) groups is 1. The number of nitrogens with one attached hydrogen (secondary N) is 2. The standard InChI is InChI=1S/C14H24N4O2/c1-9(2)12-5-14(20-17-12)16-13(19)8-18-7-10(3)15-6-11(18)4/h5,9-11,15H,6-8H2,1-4H3,(H,16,19). The molecule has 0 saturated carbocycles. The molecule has 0 aromatic carbocycles. The minimum atomic E-state index is -0.0580. The second kappa shape index (κ2) is 6.37. The van der Waals surface area contributed by atoms with Crippen LogP contribution in [-0.4, -0.2) is 47.7 Å². The maximum Gasteiger partial charge on any atom is 0.240 e. The van der Waals surface area contributed by atoms with Crippen molar-refractivity contribution in [2.45, 2.75) is 45.7 Å². The average molecular weight is 280 g/mol. The van der Waals surface area contributed by atoms with Gasteiger partial charge in [0.15, 0.2) is 0 Å². The molecule has 1 saturated heterocycles. The van der Waals surface area contributed by atoms with Crippen molar-refractivity contribution in [3.05, 3.63) is 11.8 Å². The fourth-order valence-electron chi connectivity index (χ4n) is 2.30. The van der Waals surface area contributed by atoms with Gasteiger partial charge in [-0.25, -0.2) is 0 Å². The third kappa shape index (κ3) is 3.80. The predicted molar refractivity (Wildman–Crippen MR) is 77.7 cm³/mol. The molecule has 2 N–H and O–H groups in total. The highest BCUT2D eigenvalue weighted by atomic mass is 16.5. The molecule has 6 heteroatoms. The molecule has 0 spiro atoms. The lowest BCUT2D eigenvalue weighted by Gasteiger charge is -2.36. The van der Waals surface area contributed by atoms with Gasteiger partial charge in [-0.05, 0) is 19.8 Å². The molecule has 0 aliphatic carbocycles. The summed E-state index contributed by atoms with van der Waals surface area (Å²) in [5.41, 5.74) is 0.851. The van der Waals surface area contributed by atoms with Gasteiger partial charge in [-0.3, -0.25) is 15.0 Å². The molecule has 112 valence electrons. The van der Waals surface area contributed by atoms with Crippen molar-refractivity contribution in [3.63, 3.8) is 0 Å². The molecule has 2 heterocycles. The van der Waals surface area contributed by atoms with E-state index in [1.807, 2.05) is 13.8 Å². The van der Waals surface area contributed by atoms with E-state index in [0.29, 0.717) is 30.4 Å². The van der Waals surface area contributed by atoms with Crippen molar-refractivity contribution in [3.8, 4) is 0 Å². The maximum absolute atomic E-state index is 12.1.